The van der Waals surface area contributed by atoms with E-state index in [1.54, 1.807) is 0 Å². The minimum Gasteiger partial charge on any atom is -0.392 e. The number of aryl methyl sites for hydroxylation is 1. The lowest BCUT2D eigenvalue weighted by Crippen LogP contribution is -2.41. The predicted molar refractivity (Wildman–Crippen MR) is 74.0 cm³/mol. The Morgan fingerprint density at radius 2 is 2.12 bits per heavy atom. The first-order valence-electron chi connectivity index (χ1n) is 6.33. The maximum atomic E-state index is 9.87. The fourth-order valence-corrected chi connectivity index (χ4v) is 2.77. The molecule has 3 heteroatoms. The van der Waals surface area contributed by atoms with Gasteiger partial charge in [0.25, 0.3) is 0 Å². The van der Waals surface area contributed by atoms with E-state index in [1.165, 1.54) is 17.5 Å². The normalized spacial score (nSPS) is 24.9. The standard InChI is InChI=1S/C14H20BrNO/c1-10-6-7-11(8-12(10)15)9-16-13-4-2-3-5-14(13)17/h6-8,13-14,16-17H,2-5,9H2,1H3. The number of nitrogens with one attached hydrogen (secondary N) is 1. The van der Waals surface area contributed by atoms with Crippen LogP contribution in [0.1, 0.15) is 36.8 Å². The summed E-state index contributed by atoms with van der Waals surface area (Å²) in [6.45, 7) is 2.92. The second kappa shape index (κ2) is 5.98. The molecule has 17 heavy (non-hydrogen) atoms. The van der Waals surface area contributed by atoms with Crippen molar-refractivity contribution in [3.8, 4) is 0 Å². The van der Waals surface area contributed by atoms with Crippen LogP contribution in [0.2, 0.25) is 0 Å². The van der Waals surface area contributed by atoms with Crippen LogP contribution in [0.15, 0.2) is 22.7 Å². The Hall–Kier alpha value is -0.380. The maximum Gasteiger partial charge on any atom is 0.0693 e. The minimum absolute atomic E-state index is 0.169. The van der Waals surface area contributed by atoms with Crippen LogP contribution in [0.3, 0.4) is 0 Å². The first-order valence-corrected chi connectivity index (χ1v) is 7.12. The summed E-state index contributed by atoms with van der Waals surface area (Å²) >= 11 is 3.55. The van der Waals surface area contributed by atoms with E-state index >= 15 is 0 Å². The van der Waals surface area contributed by atoms with E-state index in [0.717, 1.165) is 30.3 Å². The third-order valence-electron chi connectivity index (χ3n) is 3.53. The number of hydrogen-bond acceptors (Lipinski definition) is 2. The highest BCUT2D eigenvalue weighted by atomic mass is 79.9. The molecule has 2 rings (SSSR count). The van der Waals surface area contributed by atoms with E-state index in [0.29, 0.717) is 0 Å². The smallest absolute Gasteiger partial charge is 0.0693 e. The van der Waals surface area contributed by atoms with Gasteiger partial charge in [-0.15, -0.1) is 0 Å². The number of aliphatic hydroxyl groups excluding tert-OH is 1. The van der Waals surface area contributed by atoms with Crippen molar-refractivity contribution in [3.05, 3.63) is 33.8 Å². The molecule has 0 radical (unpaired) electrons. The molecular weight excluding hydrogens is 278 g/mol. The highest BCUT2D eigenvalue weighted by molar-refractivity contribution is 9.10. The molecule has 2 nitrogen and oxygen atoms in total. The molecule has 0 aliphatic heterocycles. The summed E-state index contributed by atoms with van der Waals surface area (Å²) < 4.78 is 1.15. The van der Waals surface area contributed by atoms with Gasteiger partial charge in [0, 0.05) is 17.1 Å². The van der Waals surface area contributed by atoms with Gasteiger partial charge in [0.15, 0.2) is 0 Å². The molecule has 2 N–H and O–H groups in total. The fourth-order valence-electron chi connectivity index (χ4n) is 2.34. The van der Waals surface area contributed by atoms with Crippen molar-refractivity contribution in [1.82, 2.24) is 5.32 Å². The van der Waals surface area contributed by atoms with Crippen molar-refractivity contribution in [2.75, 3.05) is 0 Å². The molecule has 0 bridgehead atoms. The Bertz CT molecular complexity index is 380. The summed E-state index contributed by atoms with van der Waals surface area (Å²) in [6.07, 6.45) is 4.25. The number of halogens is 1. The van der Waals surface area contributed by atoms with Gasteiger partial charge in [0.2, 0.25) is 0 Å². The van der Waals surface area contributed by atoms with E-state index in [4.69, 9.17) is 0 Å². The molecule has 0 heterocycles. The average molecular weight is 298 g/mol. The largest absolute Gasteiger partial charge is 0.392 e. The quantitative estimate of drug-likeness (QED) is 0.898. The van der Waals surface area contributed by atoms with E-state index in [1.807, 2.05) is 0 Å². The molecule has 2 unspecified atom stereocenters. The highest BCUT2D eigenvalue weighted by Gasteiger charge is 2.21. The van der Waals surface area contributed by atoms with Crippen LogP contribution in [0.25, 0.3) is 0 Å². The Balaban J connectivity index is 1.90. The number of benzene rings is 1. The molecule has 1 fully saturated rings. The monoisotopic (exact) mass is 297 g/mol. The van der Waals surface area contributed by atoms with Crippen molar-refractivity contribution >= 4 is 15.9 Å². The van der Waals surface area contributed by atoms with Crippen molar-refractivity contribution in [2.24, 2.45) is 0 Å². The molecular formula is C14H20BrNO. The summed E-state index contributed by atoms with van der Waals surface area (Å²) in [4.78, 5) is 0. The zero-order valence-corrected chi connectivity index (χ0v) is 11.8. The van der Waals surface area contributed by atoms with Crippen LogP contribution in [0.5, 0.6) is 0 Å². The molecule has 1 aromatic rings. The van der Waals surface area contributed by atoms with Crippen LogP contribution < -0.4 is 5.32 Å². The zero-order chi connectivity index (χ0) is 12.3. The molecule has 0 amide bonds. The molecule has 0 aromatic heterocycles. The maximum absolute atomic E-state index is 9.87. The number of hydrogen-bond donors (Lipinski definition) is 2. The highest BCUT2D eigenvalue weighted by Crippen LogP contribution is 2.20. The predicted octanol–water partition coefficient (Wildman–Crippen LogP) is 3.15. The van der Waals surface area contributed by atoms with Crippen molar-refractivity contribution in [3.63, 3.8) is 0 Å². The van der Waals surface area contributed by atoms with Crippen LogP contribution in [0.4, 0.5) is 0 Å². The van der Waals surface area contributed by atoms with Gasteiger partial charge in [0.05, 0.1) is 6.10 Å². The zero-order valence-electron chi connectivity index (χ0n) is 10.2. The molecule has 1 aliphatic rings. The van der Waals surface area contributed by atoms with Crippen LogP contribution in [-0.4, -0.2) is 17.3 Å². The summed E-state index contributed by atoms with van der Waals surface area (Å²) in [7, 11) is 0. The summed E-state index contributed by atoms with van der Waals surface area (Å²) in [5, 5.41) is 13.3. The van der Waals surface area contributed by atoms with E-state index in [9.17, 15) is 5.11 Å². The Labute approximate surface area is 112 Å². The van der Waals surface area contributed by atoms with Crippen LogP contribution in [0, 0.1) is 6.92 Å². The minimum atomic E-state index is -0.169. The average Bonchev–Trinajstić information content (AvgIpc) is 2.32. The lowest BCUT2D eigenvalue weighted by Gasteiger charge is -2.28. The number of rotatable bonds is 3. The summed E-state index contributed by atoms with van der Waals surface area (Å²) in [5.41, 5.74) is 2.52. The van der Waals surface area contributed by atoms with Gasteiger partial charge in [-0.3, -0.25) is 0 Å². The van der Waals surface area contributed by atoms with Crippen molar-refractivity contribution < 1.29 is 5.11 Å². The Kier molecular flexibility index (Phi) is 4.60. The van der Waals surface area contributed by atoms with Crippen molar-refractivity contribution in [2.45, 2.75) is 51.3 Å². The van der Waals surface area contributed by atoms with Gasteiger partial charge in [0.1, 0.15) is 0 Å². The van der Waals surface area contributed by atoms with Crippen molar-refractivity contribution in [1.29, 1.82) is 0 Å². The molecule has 94 valence electrons. The Morgan fingerprint density at radius 1 is 1.35 bits per heavy atom. The van der Waals surface area contributed by atoms with Gasteiger partial charge in [-0.2, -0.15) is 0 Å². The first kappa shape index (κ1) is 13.1. The topological polar surface area (TPSA) is 32.3 Å². The molecule has 0 saturated heterocycles. The van der Waals surface area contributed by atoms with E-state index < -0.39 is 0 Å². The van der Waals surface area contributed by atoms with E-state index in [-0.39, 0.29) is 12.1 Å². The Morgan fingerprint density at radius 3 is 2.82 bits per heavy atom. The fraction of sp³-hybridized carbons (Fsp3) is 0.571. The molecule has 1 aromatic carbocycles. The molecule has 0 spiro atoms. The number of aliphatic hydroxyl groups is 1. The van der Waals surface area contributed by atoms with Gasteiger partial charge >= 0.3 is 0 Å². The van der Waals surface area contributed by atoms with E-state index in [2.05, 4.69) is 46.4 Å². The molecule has 2 atom stereocenters. The van der Waals surface area contributed by atoms with Crippen LogP contribution >= 0.6 is 15.9 Å². The lowest BCUT2D eigenvalue weighted by atomic mass is 9.92. The third-order valence-corrected chi connectivity index (χ3v) is 4.39. The first-order chi connectivity index (χ1) is 8.16. The second-order valence-electron chi connectivity index (χ2n) is 4.92. The summed E-state index contributed by atoms with van der Waals surface area (Å²) in [6, 6.07) is 6.68. The second-order valence-corrected chi connectivity index (χ2v) is 5.78. The van der Waals surface area contributed by atoms with Crippen LogP contribution in [-0.2, 0) is 6.54 Å². The van der Waals surface area contributed by atoms with Gasteiger partial charge < -0.3 is 10.4 Å². The lowest BCUT2D eigenvalue weighted by molar-refractivity contribution is 0.0902. The molecule has 1 saturated carbocycles. The molecule has 1 aliphatic carbocycles. The van der Waals surface area contributed by atoms with Gasteiger partial charge in [-0.1, -0.05) is 40.9 Å². The summed E-state index contributed by atoms with van der Waals surface area (Å²) in [5.74, 6) is 0. The SMILES string of the molecule is Cc1ccc(CNC2CCCCC2O)cc1Br. The van der Waals surface area contributed by atoms with Gasteiger partial charge in [-0.05, 0) is 37.0 Å². The van der Waals surface area contributed by atoms with Gasteiger partial charge in [-0.25, -0.2) is 0 Å². The third kappa shape index (κ3) is 3.54.